The minimum absolute atomic E-state index is 0.327. The molecule has 1 aromatic heterocycles. The second-order valence-corrected chi connectivity index (χ2v) is 5.12. The van der Waals surface area contributed by atoms with Gasteiger partial charge >= 0.3 is 0 Å². The van der Waals surface area contributed by atoms with Crippen molar-refractivity contribution in [1.82, 2.24) is 10.2 Å². The van der Waals surface area contributed by atoms with Crippen molar-refractivity contribution in [1.29, 1.82) is 0 Å². The van der Waals surface area contributed by atoms with Gasteiger partial charge < -0.3 is 5.73 Å². The van der Waals surface area contributed by atoms with E-state index in [1.807, 2.05) is 0 Å². The van der Waals surface area contributed by atoms with Gasteiger partial charge in [-0.05, 0) is 10.8 Å². The molecule has 0 spiro atoms. The molecule has 1 aliphatic rings. The second kappa shape index (κ2) is 2.08. The summed E-state index contributed by atoms with van der Waals surface area (Å²) in [5.74, 6) is 0.516. The lowest BCUT2D eigenvalue weighted by Gasteiger charge is -2.03. The van der Waals surface area contributed by atoms with E-state index in [1.165, 1.54) is 0 Å². The lowest BCUT2D eigenvalue weighted by atomic mass is 10.0. The topological polar surface area (TPSA) is 54.7 Å². The molecule has 13 heavy (non-hydrogen) atoms. The van der Waals surface area contributed by atoms with Crippen LogP contribution in [0, 0.1) is 10.8 Å². The van der Waals surface area contributed by atoms with Gasteiger partial charge in [0, 0.05) is 5.92 Å². The van der Waals surface area contributed by atoms with E-state index >= 15 is 0 Å². The zero-order valence-corrected chi connectivity index (χ0v) is 8.68. The number of nitrogen functional groups attached to an aromatic ring is 1. The van der Waals surface area contributed by atoms with Crippen molar-refractivity contribution in [2.75, 3.05) is 5.73 Å². The molecule has 1 saturated carbocycles. The normalized spacial score (nSPS) is 24.6. The Morgan fingerprint density at radius 3 is 2.15 bits per heavy atom. The molecule has 0 atom stereocenters. The number of H-pyrrole nitrogens is 1. The molecule has 2 rings (SSSR count). The SMILES string of the molecule is CC1(C)C(c2[nH]ncc2N)C1(C)C. The van der Waals surface area contributed by atoms with Crippen LogP contribution in [-0.4, -0.2) is 10.2 Å². The number of nitrogens with one attached hydrogen (secondary N) is 1. The fourth-order valence-electron chi connectivity index (χ4n) is 2.45. The molecule has 3 heteroatoms. The monoisotopic (exact) mass is 179 g/mol. The van der Waals surface area contributed by atoms with Crippen molar-refractivity contribution in [3.63, 3.8) is 0 Å². The van der Waals surface area contributed by atoms with E-state index in [0.717, 1.165) is 11.4 Å². The number of rotatable bonds is 1. The van der Waals surface area contributed by atoms with Gasteiger partial charge in [0.25, 0.3) is 0 Å². The van der Waals surface area contributed by atoms with Crippen LogP contribution in [0.25, 0.3) is 0 Å². The van der Waals surface area contributed by atoms with Crippen LogP contribution in [0.4, 0.5) is 5.69 Å². The van der Waals surface area contributed by atoms with E-state index in [-0.39, 0.29) is 0 Å². The fraction of sp³-hybridized carbons (Fsp3) is 0.700. The van der Waals surface area contributed by atoms with Gasteiger partial charge in [-0.25, -0.2) is 0 Å². The van der Waals surface area contributed by atoms with Crippen molar-refractivity contribution in [3.05, 3.63) is 11.9 Å². The second-order valence-electron chi connectivity index (χ2n) is 5.12. The Kier molecular flexibility index (Phi) is 1.38. The van der Waals surface area contributed by atoms with Crippen molar-refractivity contribution in [3.8, 4) is 0 Å². The highest BCUT2D eigenvalue weighted by Gasteiger charge is 2.66. The van der Waals surface area contributed by atoms with Crippen LogP contribution in [0.15, 0.2) is 6.20 Å². The molecule has 1 heterocycles. The first-order valence-electron chi connectivity index (χ1n) is 4.68. The number of nitrogens with two attached hydrogens (primary N) is 1. The highest BCUT2D eigenvalue weighted by Crippen LogP contribution is 2.73. The highest BCUT2D eigenvalue weighted by molar-refractivity contribution is 5.48. The molecule has 0 amide bonds. The predicted molar refractivity (Wildman–Crippen MR) is 53.3 cm³/mol. The average molecular weight is 179 g/mol. The van der Waals surface area contributed by atoms with Gasteiger partial charge in [0.1, 0.15) is 0 Å². The Balaban J connectivity index is 2.38. The van der Waals surface area contributed by atoms with Crippen molar-refractivity contribution < 1.29 is 0 Å². The summed E-state index contributed by atoms with van der Waals surface area (Å²) in [6.07, 6.45) is 1.69. The van der Waals surface area contributed by atoms with E-state index in [0.29, 0.717) is 16.7 Å². The highest BCUT2D eigenvalue weighted by atomic mass is 15.1. The van der Waals surface area contributed by atoms with Gasteiger partial charge in [-0.15, -0.1) is 0 Å². The molecule has 3 N–H and O–H groups in total. The number of hydrogen-bond acceptors (Lipinski definition) is 2. The van der Waals surface area contributed by atoms with E-state index in [4.69, 9.17) is 5.73 Å². The number of aromatic nitrogens is 2. The summed E-state index contributed by atoms with van der Waals surface area (Å²) < 4.78 is 0. The molecule has 1 fully saturated rings. The predicted octanol–water partition coefficient (Wildman–Crippen LogP) is 2.14. The van der Waals surface area contributed by atoms with E-state index in [2.05, 4.69) is 37.9 Å². The Labute approximate surface area is 78.7 Å². The number of anilines is 1. The smallest absolute Gasteiger partial charge is 0.0733 e. The zero-order valence-electron chi connectivity index (χ0n) is 8.68. The van der Waals surface area contributed by atoms with Gasteiger partial charge in [0.05, 0.1) is 17.6 Å². The van der Waals surface area contributed by atoms with Gasteiger partial charge in [-0.3, -0.25) is 5.10 Å². The Hall–Kier alpha value is -0.990. The number of aromatic amines is 1. The van der Waals surface area contributed by atoms with Crippen LogP contribution in [0.1, 0.15) is 39.3 Å². The summed E-state index contributed by atoms with van der Waals surface area (Å²) in [7, 11) is 0. The third-order valence-corrected chi connectivity index (χ3v) is 4.01. The maximum atomic E-state index is 5.83. The minimum atomic E-state index is 0.327. The van der Waals surface area contributed by atoms with Crippen LogP contribution in [0.5, 0.6) is 0 Å². The third kappa shape index (κ3) is 0.872. The minimum Gasteiger partial charge on any atom is -0.396 e. The first kappa shape index (κ1) is 8.60. The van der Waals surface area contributed by atoms with Crippen LogP contribution in [0.3, 0.4) is 0 Å². The first-order valence-corrected chi connectivity index (χ1v) is 4.68. The average Bonchev–Trinajstić information content (AvgIpc) is 2.33. The summed E-state index contributed by atoms with van der Waals surface area (Å²) in [6, 6.07) is 0. The van der Waals surface area contributed by atoms with Gasteiger partial charge in [0.15, 0.2) is 0 Å². The van der Waals surface area contributed by atoms with Crippen molar-refractivity contribution in [2.24, 2.45) is 10.8 Å². The molecule has 1 aromatic rings. The Bertz CT molecular complexity index is 322. The Morgan fingerprint density at radius 1 is 1.31 bits per heavy atom. The van der Waals surface area contributed by atoms with Crippen molar-refractivity contribution >= 4 is 5.69 Å². The largest absolute Gasteiger partial charge is 0.396 e. The molecule has 0 radical (unpaired) electrons. The lowest BCUT2D eigenvalue weighted by Crippen LogP contribution is -1.95. The van der Waals surface area contributed by atoms with Crippen molar-refractivity contribution in [2.45, 2.75) is 33.6 Å². The molecule has 0 saturated heterocycles. The molecule has 0 unspecified atom stereocenters. The van der Waals surface area contributed by atoms with E-state index in [1.54, 1.807) is 6.20 Å². The zero-order chi connectivity index (χ0) is 9.85. The molecule has 3 nitrogen and oxygen atoms in total. The molecule has 1 aliphatic carbocycles. The molecular weight excluding hydrogens is 162 g/mol. The van der Waals surface area contributed by atoms with Crippen LogP contribution >= 0.6 is 0 Å². The molecular formula is C10H17N3. The van der Waals surface area contributed by atoms with Crippen LogP contribution in [0.2, 0.25) is 0 Å². The van der Waals surface area contributed by atoms with Gasteiger partial charge in [-0.1, -0.05) is 27.7 Å². The number of nitrogens with zero attached hydrogens (tertiary/aromatic N) is 1. The molecule has 72 valence electrons. The quantitative estimate of drug-likeness (QED) is 0.694. The maximum Gasteiger partial charge on any atom is 0.0733 e. The summed E-state index contributed by atoms with van der Waals surface area (Å²) >= 11 is 0. The summed E-state index contributed by atoms with van der Waals surface area (Å²) in [6.45, 7) is 9.10. The summed E-state index contributed by atoms with van der Waals surface area (Å²) in [4.78, 5) is 0. The standard InChI is InChI=1S/C10H17N3/c1-9(2)8(10(9,3)4)7-6(11)5-12-13-7/h5,8H,11H2,1-4H3,(H,12,13). The first-order chi connectivity index (χ1) is 5.89. The summed E-state index contributed by atoms with van der Waals surface area (Å²) in [5, 5.41) is 6.97. The van der Waals surface area contributed by atoms with Gasteiger partial charge in [0.2, 0.25) is 0 Å². The Morgan fingerprint density at radius 2 is 1.85 bits per heavy atom. The third-order valence-electron chi connectivity index (χ3n) is 4.01. The van der Waals surface area contributed by atoms with Crippen LogP contribution < -0.4 is 5.73 Å². The van der Waals surface area contributed by atoms with Gasteiger partial charge in [-0.2, -0.15) is 5.10 Å². The van der Waals surface area contributed by atoms with Crippen LogP contribution in [-0.2, 0) is 0 Å². The maximum absolute atomic E-state index is 5.83. The van der Waals surface area contributed by atoms with E-state index in [9.17, 15) is 0 Å². The van der Waals surface area contributed by atoms with E-state index < -0.39 is 0 Å². The fourth-order valence-corrected chi connectivity index (χ4v) is 2.45. The molecule has 0 aromatic carbocycles. The lowest BCUT2D eigenvalue weighted by molar-refractivity contribution is 0.457. The molecule has 0 bridgehead atoms. The number of hydrogen-bond donors (Lipinski definition) is 2. The summed E-state index contributed by atoms with van der Waals surface area (Å²) in [5.41, 5.74) is 8.39. The molecule has 0 aliphatic heterocycles.